The Labute approximate surface area is 477 Å². The van der Waals surface area contributed by atoms with Crippen molar-refractivity contribution in [3.63, 3.8) is 0 Å². The van der Waals surface area contributed by atoms with E-state index in [1.807, 2.05) is 0 Å². The number of esters is 3. The molecular formula is C71H124O6. The predicted octanol–water partition coefficient (Wildman–Crippen LogP) is 22.7. The lowest BCUT2D eigenvalue weighted by molar-refractivity contribution is -0.167. The third-order valence-electron chi connectivity index (χ3n) is 14.4. The van der Waals surface area contributed by atoms with E-state index in [0.717, 1.165) is 109 Å². The van der Waals surface area contributed by atoms with Gasteiger partial charge in [0, 0.05) is 19.3 Å². The van der Waals surface area contributed by atoms with Crippen molar-refractivity contribution in [2.24, 2.45) is 0 Å². The SMILES string of the molecule is CC/C=C\C/C=C\C/C=C\CCCCCCCC(=O)OCC(COC(=O)CCCCCCCCCCCCCCC/C=C\C/C=C\CCCCCCC)OC(=O)CCCCCCCCCCC/C=C\C/C=C\CCCCC. The molecule has 6 nitrogen and oxygen atoms in total. The fourth-order valence-corrected chi connectivity index (χ4v) is 9.40. The van der Waals surface area contributed by atoms with Crippen molar-refractivity contribution in [1.82, 2.24) is 0 Å². The maximum Gasteiger partial charge on any atom is 0.306 e. The molecular weight excluding hydrogens is 949 g/mol. The lowest BCUT2D eigenvalue weighted by Crippen LogP contribution is -2.30. The molecule has 0 fully saturated rings. The molecule has 1 unspecified atom stereocenters. The van der Waals surface area contributed by atoms with E-state index in [9.17, 15) is 14.4 Å². The summed E-state index contributed by atoms with van der Waals surface area (Å²) in [7, 11) is 0. The maximum atomic E-state index is 12.9. The molecule has 0 aromatic carbocycles. The highest BCUT2D eigenvalue weighted by molar-refractivity contribution is 5.71. The first kappa shape index (κ1) is 73.6. The molecule has 0 saturated heterocycles. The minimum Gasteiger partial charge on any atom is -0.462 e. The standard InChI is InChI=1S/C71H124O6/c1-4-7-10-13-16-19-22-25-28-30-32-33-34-35-36-37-39-40-43-46-49-52-55-58-61-64-70(73)76-67-68(66-75-69(72)63-60-57-54-51-48-45-42-27-24-21-18-15-12-9-6-3)77-71(74)65-62-59-56-53-50-47-44-41-38-31-29-26-23-20-17-14-11-8-5-2/h9,12,17-18,20-22,25-27,29-30,32,42,68H,4-8,10-11,13-16,19,23-24,28,31,33-41,43-67H2,1-3H3/b12-9-,20-17-,21-18-,25-22-,29-26-,32-30-,42-27-. The molecule has 0 amide bonds. The molecule has 0 saturated carbocycles. The average Bonchev–Trinajstić information content (AvgIpc) is 3.43. The van der Waals surface area contributed by atoms with Crippen LogP contribution in [-0.4, -0.2) is 37.2 Å². The van der Waals surface area contributed by atoms with Crippen LogP contribution < -0.4 is 0 Å². The largest absolute Gasteiger partial charge is 0.462 e. The Balaban J connectivity index is 4.33. The highest BCUT2D eigenvalue weighted by atomic mass is 16.6. The van der Waals surface area contributed by atoms with Gasteiger partial charge in [-0.05, 0) is 116 Å². The molecule has 0 aromatic heterocycles. The van der Waals surface area contributed by atoms with Gasteiger partial charge in [-0.15, -0.1) is 0 Å². The van der Waals surface area contributed by atoms with Crippen LogP contribution >= 0.6 is 0 Å². The van der Waals surface area contributed by atoms with E-state index in [2.05, 4.69) is 106 Å². The molecule has 0 spiro atoms. The number of ether oxygens (including phenoxy) is 3. The fourth-order valence-electron chi connectivity index (χ4n) is 9.40. The van der Waals surface area contributed by atoms with E-state index < -0.39 is 6.10 Å². The van der Waals surface area contributed by atoms with Crippen molar-refractivity contribution in [1.29, 1.82) is 0 Å². The molecule has 0 rings (SSSR count). The van der Waals surface area contributed by atoms with Gasteiger partial charge in [-0.25, -0.2) is 0 Å². The Kier molecular flexibility index (Phi) is 62.2. The second kappa shape index (κ2) is 65.1. The molecule has 0 aliphatic carbocycles. The molecule has 0 aliphatic heterocycles. The first-order valence-corrected chi connectivity index (χ1v) is 33.1. The van der Waals surface area contributed by atoms with Gasteiger partial charge >= 0.3 is 17.9 Å². The lowest BCUT2D eigenvalue weighted by atomic mass is 10.0. The number of rotatable bonds is 60. The van der Waals surface area contributed by atoms with Crippen molar-refractivity contribution in [2.45, 2.75) is 335 Å². The number of allylic oxidation sites excluding steroid dienone is 14. The molecule has 0 heterocycles. The zero-order valence-corrected chi connectivity index (χ0v) is 51.0. The van der Waals surface area contributed by atoms with Crippen molar-refractivity contribution in [3.8, 4) is 0 Å². The maximum absolute atomic E-state index is 12.9. The number of hydrogen-bond donors (Lipinski definition) is 0. The van der Waals surface area contributed by atoms with E-state index in [4.69, 9.17) is 14.2 Å². The topological polar surface area (TPSA) is 78.9 Å². The summed E-state index contributed by atoms with van der Waals surface area (Å²) in [5.41, 5.74) is 0. The smallest absolute Gasteiger partial charge is 0.306 e. The van der Waals surface area contributed by atoms with Gasteiger partial charge in [0.05, 0.1) is 0 Å². The molecule has 1 atom stereocenters. The van der Waals surface area contributed by atoms with Gasteiger partial charge in [-0.3, -0.25) is 14.4 Å². The van der Waals surface area contributed by atoms with Crippen LogP contribution in [0.5, 0.6) is 0 Å². The third kappa shape index (κ3) is 63.3. The number of unbranched alkanes of at least 4 members (excludes halogenated alkanes) is 35. The van der Waals surface area contributed by atoms with E-state index in [1.54, 1.807) is 0 Å². The number of hydrogen-bond acceptors (Lipinski definition) is 6. The minimum atomic E-state index is -0.788. The Morgan fingerprint density at radius 3 is 0.818 bits per heavy atom. The first-order chi connectivity index (χ1) is 38.0. The summed E-state index contributed by atoms with van der Waals surface area (Å²) in [4.78, 5) is 38.4. The highest BCUT2D eigenvalue weighted by Crippen LogP contribution is 2.17. The summed E-state index contributed by atoms with van der Waals surface area (Å²) in [5, 5.41) is 0. The zero-order chi connectivity index (χ0) is 55.7. The van der Waals surface area contributed by atoms with Gasteiger partial charge in [0.1, 0.15) is 13.2 Å². The third-order valence-corrected chi connectivity index (χ3v) is 14.4. The van der Waals surface area contributed by atoms with Crippen LogP contribution in [0.1, 0.15) is 329 Å². The van der Waals surface area contributed by atoms with Crippen LogP contribution in [0.2, 0.25) is 0 Å². The van der Waals surface area contributed by atoms with Gasteiger partial charge in [-0.1, -0.05) is 279 Å². The van der Waals surface area contributed by atoms with Crippen molar-refractivity contribution >= 4 is 17.9 Å². The summed E-state index contributed by atoms with van der Waals surface area (Å²) in [5.74, 6) is -0.892. The Bertz CT molecular complexity index is 1470. The molecule has 0 aliphatic rings. The van der Waals surface area contributed by atoms with E-state index in [0.29, 0.717) is 19.3 Å². The lowest BCUT2D eigenvalue weighted by Gasteiger charge is -2.18. The summed E-state index contributed by atoms with van der Waals surface area (Å²) in [6.45, 7) is 6.51. The number of carbonyl (C=O) groups is 3. The number of carbonyl (C=O) groups excluding carboxylic acids is 3. The summed E-state index contributed by atoms with van der Waals surface area (Å²) < 4.78 is 16.9. The van der Waals surface area contributed by atoms with E-state index in [1.165, 1.54) is 180 Å². The molecule has 0 aromatic rings. The Morgan fingerprint density at radius 2 is 0.506 bits per heavy atom. The van der Waals surface area contributed by atoms with Gasteiger partial charge < -0.3 is 14.2 Å². The predicted molar refractivity (Wildman–Crippen MR) is 334 cm³/mol. The zero-order valence-electron chi connectivity index (χ0n) is 51.0. The quantitative estimate of drug-likeness (QED) is 0.0261. The molecule has 444 valence electrons. The summed E-state index contributed by atoms with van der Waals surface area (Å²) >= 11 is 0. The molecule has 77 heavy (non-hydrogen) atoms. The van der Waals surface area contributed by atoms with Gasteiger partial charge in [-0.2, -0.15) is 0 Å². The van der Waals surface area contributed by atoms with Gasteiger partial charge in [0.2, 0.25) is 0 Å². The second-order valence-electron chi connectivity index (χ2n) is 22.0. The van der Waals surface area contributed by atoms with Crippen LogP contribution in [0.3, 0.4) is 0 Å². The second-order valence-corrected chi connectivity index (χ2v) is 22.0. The van der Waals surface area contributed by atoms with Gasteiger partial charge in [0.15, 0.2) is 6.10 Å². The summed E-state index contributed by atoms with van der Waals surface area (Å²) in [6, 6.07) is 0. The van der Waals surface area contributed by atoms with E-state index in [-0.39, 0.29) is 31.1 Å². The van der Waals surface area contributed by atoms with Crippen LogP contribution in [-0.2, 0) is 28.6 Å². The van der Waals surface area contributed by atoms with Crippen LogP contribution in [0.25, 0.3) is 0 Å². The normalized spacial score (nSPS) is 12.6. The monoisotopic (exact) mass is 1070 g/mol. The highest BCUT2D eigenvalue weighted by Gasteiger charge is 2.19. The molecule has 0 bridgehead atoms. The molecule has 0 N–H and O–H groups in total. The minimum absolute atomic E-state index is 0.0828. The van der Waals surface area contributed by atoms with Crippen molar-refractivity contribution < 1.29 is 28.6 Å². The Morgan fingerprint density at radius 1 is 0.273 bits per heavy atom. The van der Waals surface area contributed by atoms with E-state index >= 15 is 0 Å². The van der Waals surface area contributed by atoms with Gasteiger partial charge in [0.25, 0.3) is 0 Å². The van der Waals surface area contributed by atoms with Crippen LogP contribution in [0, 0.1) is 0 Å². The Hall–Kier alpha value is -3.41. The van der Waals surface area contributed by atoms with Crippen molar-refractivity contribution in [2.75, 3.05) is 13.2 Å². The first-order valence-electron chi connectivity index (χ1n) is 33.1. The molecule has 6 heteroatoms. The summed E-state index contributed by atoms with van der Waals surface area (Å²) in [6.07, 6.45) is 85.9. The van der Waals surface area contributed by atoms with Crippen LogP contribution in [0.15, 0.2) is 85.1 Å². The van der Waals surface area contributed by atoms with Crippen LogP contribution in [0.4, 0.5) is 0 Å². The molecule has 0 radical (unpaired) electrons. The van der Waals surface area contributed by atoms with Crippen molar-refractivity contribution in [3.05, 3.63) is 85.1 Å². The average molecular weight is 1070 g/mol. The fraction of sp³-hybridized carbons (Fsp3) is 0.761.